The maximum Gasteiger partial charge on any atom is 0.192 e. The highest BCUT2D eigenvalue weighted by Gasteiger charge is 2.47. The van der Waals surface area contributed by atoms with Gasteiger partial charge in [-0.2, -0.15) is 0 Å². The van der Waals surface area contributed by atoms with E-state index in [9.17, 15) is 0 Å². The van der Waals surface area contributed by atoms with Gasteiger partial charge in [-0.25, -0.2) is 15.0 Å². The van der Waals surface area contributed by atoms with Crippen LogP contribution in [0.3, 0.4) is 0 Å². The predicted molar refractivity (Wildman–Crippen MR) is 219 cm³/mol. The highest BCUT2D eigenvalue weighted by Crippen LogP contribution is 2.45. The Morgan fingerprint density at radius 2 is 1.31 bits per heavy atom. The summed E-state index contributed by atoms with van der Waals surface area (Å²) in [4.78, 5) is 14.1. The summed E-state index contributed by atoms with van der Waals surface area (Å²) in [7, 11) is 1.07. The van der Waals surface area contributed by atoms with Gasteiger partial charge in [0.15, 0.2) is 20.2 Å². The fraction of sp³-hybridized carbons (Fsp3) is 0.289. The number of nitrogens with zero attached hydrogens (tertiary/aromatic N) is 4. The van der Waals surface area contributed by atoms with Gasteiger partial charge in [0.25, 0.3) is 0 Å². The van der Waals surface area contributed by atoms with Gasteiger partial charge in [-0.05, 0) is 70.7 Å². The van der Waals surface area contributed by atoms with Crippen LogP contribution < -0.4 is 9.47 Å². The van der Waals surface area contributed by atoms with E-state index in [0.29, 0.717) is 11.2 Å². The zero-order valence-electron chi connectivity index (χ0n) is 32.5. The molecule has 2 aromatic heterocycles. The van der Waals surface area contributed by atoms with Crippen LogP contribution in [0, 0.1) is 6.42 Å². The molecule has 10 heteroatoms. The topological polar surface area (TPSA) is 89.8 Å². The normalized spacial score (nSPS) is 17.9. The van der Waals surface area contributed by atoms with Crippen LogP contribution in [0.15, 0.2) is 122 Å². The number of ether oxygens (including phenoxy) is 4. The standard InChI is InChI=1S/C45H49N4O5Si/c1-44(2,3)55(6,7)54-40-28-38(53-43(40)49-31-48-41-39(46-30-47-42(41)49)27-18-32-14-10-8-11-15-32)29-52-45(33-16-12-9-13-17-33,34-19-23-36(50-4)24-20-34)35-21-25-37(51-5)26-22-35/h8-28,30-31,38,40,43H,29H2,1-7H3/t38-,40-,43-/m1/s1. The van der Waals surface area contributed by atoms with Gasteiger partial charge in [-0.1, -0.05) is 112 Å². The van der Waals surface area contributed by atoms with Crippen molar-refractivity contribution < 1.29 is 23.4 Å². The first-order valence-corrected chi connectivity index (χ1v) is 21.5. The summed E-state index contributed by atoms with van der Waals surface area (Å²) in [5, 5.41) is -0.0280. The number of rotatable bonds is 13. The number of hydrogen-bond donors (Lipinski definition) is 0. The molecule has 0 aliphatic carbocycles. The Hall–Kier alpha value is -5.13. The third-order valence-corrected chi connectivity index (χ3v) is 15.2. The van der Waals surface area contributed by atoms with E-state index in [1.165, 1.54) is 0 Å². The molecule has 0 saturated carbocycles. The van der Waals surface area contributed by atoms with Crippen molar-refractivity contribution >= 4 is 31.6 Å². The second-order valence-corrected chi connectivity index (χ2v) is 20.0. The molecule has 0 unspecified atom stereocenters. The average molecular weight is 754 g/mol. The largest absolute Gasteiger partial charge is 0.497 e. The number of benzene rings is 4. The lowest BCUT2D eigenvalue weighted by Crippen LogP contribution is -2.45. The summed E-state index contributed by atoms with van der Waals surface area (Å²) in [5.41, 5.74) is 5.02. The van der Waals surface area contributed by atoms with Crippen LogP contribution in [-0.2, 0) is 19.5 Å². The zero-order valence-corrected chi connectivity index (χ0v) is 33.5. The maximum absolute atomic E-state index is 7.27. The highest BCUT2D eigenvalue weighted by molar-refractivity contribution is 6.74. The third kappa shape index (κ3) is 7.86. The van der Waals surface area contributed by atoms with Crippen molar-refractivity contribution in [2.24, 2.45) is 0 Å². The average Bonchev–Trinajstić information content (AvgIpc) is 3.82. The molecule has 6 aromatic rings. The lowest BCUT2D eigenvalue weighted by atomic mass is 9.80. The molecule has 0 bridgehead atoms. The molecule has 3 heterocycles. The molecule has 1 radical (unpaired) electrons. The van der Waals surface area contributed by atoms with Crippen LogP contribution in [0.2, 0.25) is 18.1 Å². The van der Waals surface area contributed by atoms with Crippen molar-refractivity contribution in [1.82, 2.24) is 19.5 Å². The molecule has 1 fully saturated rings. The van der Waals surface area contributed by atoms with Gasteiger partial charge in [0.2, 0.25) is 0 Å². The number of fused-ring (bicyclic) bond motifs is 1. The monoisotopic (exact) mass is 753 g/mol. The second-order valence-electron chi connectivity index (χ2n) is 15.2. The molecule has 7 rings (SSSR count). The van der Waals surface area contributed by atoms with Crippen LogP contribution in [0.25, 0.3) is 23.3 Å². The molecule has 1 aliphatic heterocycles. The first-order valence-electron chi connectivity index (χ1n) is 18.6. The Labute approximate surface area is 325 Å². The van der Waals surface area contributed by atoms with E-state index in [2.05, 4.69) is 93.8 Å². The summed E-state index contributed by atoms with van der Waals surface area (Å²) in [6.45, 7) is 11.5. The smallest absolute Gasteiger partial charge is 0.192 e. The molecule has 0 amide bonds. The fourth-order valence-corrected chi connectivity index (χ4v) is 7.97. The first kappa shape index (κ1) is 38.2. The quantitative estimate of drug-likeness (QED) is 0.0852. The lowest BCUT2D eigenvalue weighted by Gasteiger charge is -2.39. The Balaban J connectivity index is 1.26. The van der Waals surface area contributed by atoms with Gasteiger partial charge in [0.05, 0.1) is 45.1 Å². The van der Waals surface area contributed by atoms with Gasteiger partial charge in [0, 0.05) is 6.42 Å². The molecular formula is C45H49N4O5Si. The van der Waals surface area contributed by atoms with Crippen molar-refractivity contribution in [3.05, 3.63) is 156 Å². The molecule has 283 valence electrons. The van der Waals surface area contributed by atoms with Gasteiger partial charge in [-0.3, -0.25) is 4.57 Å². The van der Waals surface area contributed by atoms with Crippen LogP contribution >= 0.6 is 0 Å². The van der Waals surface area contributed by atoms with Gasteiger partial charge in [-0.15, -0.1) is 0 Å². The van der Waals surface area contributed by atoms with Crippen LogP contribution in [-0.4, -0.2) is 60.9 Å². The van der Waals surface area contributed by atoms with Crippen LogP contribution in [0.4, 0.5) is 0 Å². The van der Waals surface area contributed by atoms with Gasteiger partial charge >= 0.3 is 0 Å². The SMILES string of the molecule is COc1ccc(C(OC[C@H]2[CH][C@@H](O[Si](C)(C)C(C)(C)C)[C@H](n3cnc4c(C=Cc5ccccc5)ncnc43)O2)(c2ccccc2)c2ccc(OC)cc2)cc1. The van der Waals surface area contributed by atoms with Crippen LogP contribution in [0.5, 0.6) is 11.5 Å². The molecule has 3 atom stereocenters. The van der Waals surface area contributed by atoms with Crippen molar-refractivity contribution in [1.29, 1.82) is 0 Å². The maximum atomic E-state index is 7.27. The van der Waals surface area contributed by atoms with E-state index in [1.807, 2.05) is 77.4 Å². The Kier molecular flexibility index (Phi) is 11.0. The molecule has 4 aromatic carbocycles. The summed E-state index contributed by atoms with van der Waals surface area (Å²) in [5.74, 6) is 1.52. The molecule has 1 aliphatic rings. The Bertz CT molecular complexity index is 2150. The fourth-order valence-electron chi connectivity index (χ4n) is 6.74. The van der Waals surface area contributed by atoms with Crippen molar-refractivity contribution in [2.75, 3.05) is 20.8 Å². The number of methoxy groups -OCH3 is 2. The van der Waals surface area contributed by atoms with Gasteiger partial charge in [0.1, 0.15) is 28.9 Å². The van der Waals surface area contributed by atoms with E-state index < -0.39 is 32.4 Å². The van der Waals surface area contributed by atoms with Crippen LogP contribution in [0.1, 0.15) is 54.9 Å². The van der Waals surface area contributed by atoms with Gasteiger partial charge < -0.3 is 23.4 Å². The molecule has 55 heavy (non-hydrogen) atoms. The molecule has 0 spiro atoms. The van der Waals surface area contributed by atoms with E-state index in [4.69, 9.17) is 33.3 Å². The predicted octanol–water partition coefficient (Wildman–Crippen LogP) is 9.51. The van der Waals surface area contributed by atoms with E-state index in [1.54, 1.807) is 26.9 Å². The summed E-state index contributed by atoms with van der Waals surface area (Å²) >= 11 is 0. The van der Waals surface area contributed by atoms with E-state index >= 15 is 0 Å². The number of aromatic nitrogens is 4. The summed E-state index contributed by atoms with van der Waals surface area (Å²) < 4.78 is 34.4. The second kappa shape index (κ2) is 15.9. The highest BCUT2D eigenvalue weighted by atomic mass is 28.4. The van der Waals surface area contributed by atoms with E-state index in [-0.39, 0.29) is 11.6 Å². The Morgan fingerprint density at radius 1 is 0.727 bits per heavy atom. The zero-order chi connectivity index (χ0) is 38.6. The molecular weight excluding hydrogens is 705 g/mol. The number of hydrogen-bond acceptors (Lipinski definition) is 8. The minimum Gasteiger partial charge on any atom is -0.497 e. The summed E-state index contributed by atoms with van der Waals surface area (Å²) in [6.07, 6.45) is 8.14. The van der Waals surface area contributed by atoms with Crippen molar-refractivity contribution in [2.45, 2.75) is 62.9 Å². The minimum absolute atomic E-state index is 0.0280. The Morgan fingerprint density at radius 3 is 1.89 bits per heavy atom. The molecule has 9 nitrogen and oxygen atoms in total. The molecule has 0 N–H and O–H groups in total. The minimum atomic E-state index is -2.27. The van der Waals surface area contributed by atoms with E-state index in [0.717, 1.165) is 39.4 Å². The van der Waals surface area contributed by atoms with Crippen molar-refractivity contribution in [3.8, 4) is 11.5 Å². The lowest BCUT2D eigenvalue weighted by molar-refractivity contribution is -0.0820. The molecule has 1 saturated heterocycles. The van der Waals surface area contributed by atoms with Crippen molar-refractivity contribution in [3.63, 3.8) is 0 Å². The number of imidazole rings is 1. The first-order chi connectivity index (χ1) is 26.5. The summed E-state index contributed by atoms with van der Waals surface area (Å²) in [6, 6.07) is 36.5. The third-order valence-electron chi connectivity index (χ3n) is 10.8.